The summed E-state index contributed by atoms with van der Waals surface area (Å²) in [5.74, 6) is 0.404. The third-order valence-electron chi connectivity index (χ3n) is 2.77. The van der Waals surface area contributed by atoms with E-state index in [1.54, 1.807) is 18.5 Å². The third-order valence-corrected chi connectivity index (χ3v) is 3.42. The average Bonchev–Trinajstić information content (AvgIpc) is 2.90. The molecule has 0 unspecified atom stereocenters. The highest BCUT2D eigenvalue weighted by molar-refractivity contribution is 9.10. The normalized spacial score (nSPS) is 10.8. The Labute approximate surface area is 126 Å². The predicted molar refractivity (Wildman–Crippen MR) is 80.8 cm³/mol. The summed E-state index contributed by atoms with van der Waals surface area (Å²) in [7, 11) is 0. The number of benzene rings is 1. The van der Waals surface area contributed by atoms with Gasteiger partial charge >= 0.3 is 0 Å². The first-order chi connectivity index (χ1) is 9.72. The van der Waals surface area contributed by atoms with E-state index >= 15 is 0 Å². The van der Waals surface area contributed by atoms with Crippen LogP contribution in [0.3, 0.4) is 0 Å². The molecule has 0 radical (unpaired) electrons. The monoisotopic (exact) mass is 341 g/mol. The molecule has 4 nitrogen and oxygen atoms in total. The Morgan fingerprint density at radius 2 is 2.30 bits per heavy atom. The van der Waals surface area contributed by atoms with Crippen molar-refractivity contribution in [2.75, 3.05) is 25.1 Å². The summed E-state index contributed by atoms with van der Waals surface area (Å²) >= 11 is 3.15. The van der Waals surface area contributed by atoms with Crippen molar-refractivity contribution in [2.45, 2.75) is 13.3 Å². The maximum Gasteiger partial charge on any atom is 0.207 e. The number of hydrogen-bond acceptors (Lipinski definition) is 3. The summed E-state index contributed by atoms with van der Waals surface area (Å²) in [4.78, 5) is 4.24. The van der Waals surface area contributed by atoms with Gasteiger partial charge in [-0.1, -0.05) is 0 Å². The zero-order chi connectivity index (χ0) is 14.4. The van der Waals surface area contributed by atoms with Crippen LogP contribution in [-0.4, -0.2) is 29.3 Å². The molecule has 0 fully saturated rings. The maximum atomic E-state index is 13.6. The highest BCUT2D eigenvalue weighted by Gasteiger charge is 2.07. The first kappa shape index (κ1) is 15.0. The van der Waals surface area contributed by atoms with Crippen molar-refractivity contribution in [2.24, 2.45) is 0 Å². The van der Waals surface area contributed by atoms with Gasteiger partial charge in [-0.05, 0) is 47.5 Å². The molecular formula is C14H17BrFN3O. The summed E-state index contributed by atoms with van der Waals surface area (Å²) in [5, 5.41) is 3.22. The minimum absolute atomic E-state index is 0.293. The van der Waals surface area contributed by atoms with Crippen LogP contribution < -0.4 is 5.32 Å². The summed E-state index contributed by atoms with van der Waals surface area (Å²) < 4.78 is 21.1. The van der Waals surface area contributed by atoms with E-state index in [9.17, 15) is 4.39 Å². The first-order valence-corrected chi connectivity index (χ1v) is 7.32. The van der Waals surface area contributed by atoms with Crippen molar-refractivity contribution >= 4 is 21.9 Å². The topological polar surface area (TPSA) is 39.1 Å². The molecule has 1 aromatic carbocycles. The number of halogens is 2. The van der Waals surface area contributed by atoms with E-state index in [1.165, 1.54) is 6.07 Å². The van der Waals surface area contributed by atoms with Crippen molar-refractivity contribution in [3.63, 3.8) is 0 Å². The molecule has 1 aromatic heterocycles. The molecule has 2 aromatic rings. The zero-order valence-corrected chi connectivity index (χ0v) is 12.9. The lowest BCUT2D eigenvalue weighted by molar-refractivity contribution is 0.147. The van der Waals surface area contributed by atoms with Gasteiger partial charge in [-0.3, -0.25) is 4.57 Å². The van der Waals surface area contributed by atoms with Crippen LogP contribution in [-0.2, 0) is 4.74 Å². The van der Waals surface area contributed by atoms with Gasteiger partial charge in [-0.2, -0.15) is 0 Å². The molecule has 0 spiro atoms. The van der Waals surface area contributed by atoms with Gasteiger partial charge < -0.3 is 10.1 Å². The second-order valence-electron chi connectivity index (χ2n) is 4.20. The quantitative estimate of drug-likeness (QED) is 0.782. The van der Waals surface area contributed by atoms with Gasteiger partial charge in [-0.25, -0.2) is 9.37 Å². The molecule has 108 valence electrons. The molecule has 0 atom stereocenters. The average molecular weight is 342 g/mol. The van der Waals surface area contributed by atoms with Crippen LogP contribution in [0.15, 0.2) is 35.1 Å². The minimum Gasteiger partial charge on any atom is -0.382 e. The fourth-order valence-corrected chi connectivity index (χ4v) is 2.04. The highest BCUT2D eigenvalue weighted by Crippen LogP contribution is 2.21. The molecule has 0 bridgehead atoms. The van der Waals surface area contributed by atoms with Crippen molar-refractivity contribution in [1.82, 2.24) is 9.55 Å². The molecule has 6 heteroatoms. The number of ether oxygens (including phenoxy) is 1. The summed E-state index contributed by atoms with van der Waals surface area (Å²) in [5.41, 5.74) is 0.732. The Morgan fingerprint density at radius 1 is 1.45 bits per heavy atom. The Hall–Kier alpha value is -1.40. The number of nitrogens with one attached hydrogen (secondary N) is 1. The summed E-state index contributed by atoms with van der Waals surface area (Å²) in [6, 6.07) is 4.99. The Morgan fingerprint density at radius 3 is 3.05 bits per heavy atom. The van der Waals surface area contributed by atoms with Gasteiger partial charge in [0.15, 0.2) is 0 Å². The predicted octanol–water partition coefficient (Wildman–Crippen LogP) is 3.61. The van der Waals surface area contributed by atoms with Crippen molar-refractivity contribution < 1.29 is 9.13 Å². The van der Waals surface area contributed by atoms with Gasteiger partial charge in [0.25, 0.3) is 0 Å². The van der Waals surface area contributed by atoms with E-state index in [0.29, 0.717) is 10.4 Å². The molecule has 0 aliphatic carbocycles. The Bertz CT molecular complexity index is 559. The van der Waals surface area contributed by atoms with Crippen molar-refractivity contribution in [1.29, 1.82) is 0 Å². The summed E-state index contributed by atoms with van der Waals surface area (Å²) in [6.45, 7) is 4.18. The molecule has 0 amide bonds. The number of imidazole rings is 1. The lowest BCUT2D eigenvalue weighted by Crippen LogP contribution is -2.10. The van der Waals surface area contributed by atoms with E-state index in [0.717, 1.165) is 31.9 Å². The number of anilines is 1. The SMILES string of the molecule is CCOCCCNc1nccn1-c1ccc(Br)c(F)c1. The van der Waals surface area contributed by atoms with Gasteiger partial charge in [-0.15, -0.1) is 0 Å². The molecule has 1 N–H and O–H groups in total. The van der Waals surface area contributed by atoms with Crippen LogP contribution in [0.25, 0.3) is 5.69 Å². The molecule has 0 saturated carbocycles. The van der Waals surface area contributed by atoms with Gasteiger partial charge in [0.2, 0.25) is 5.95 Å². The molecule has 0 saturated heterocycles. The minimum atomic E-state index is -0.293. The van der Waals surface area contributed by atoms with E-state index in [-0.39, 0.29) is 5.82 Å². The van der Waals surface area contributed by atoms with Gasteiger partial charge in [0.1, 0.15) is 5.82 Å². The number of hydrogen-bond donors (Lipinski definition) is 1. The van der Waals surface area contributed by atoms with E-state index in [4.69, 9.17) is 4.74 Å². The fourth-order valence-electron chi connectivity index (χ4n) is 1.80. The number of nitrogens with zero attached hydrogens (tertiary/aromatic N) is 2. The van der Waals surface area contributed by atoms with E-state index < -0.39 is 0 Å². The number of aromatic nitrogens is 2. The fraction of sp³-hybridized carbons (Fsp3) is 0.357. The van der Waals surface area contributed by atoms with Crippen LogP contribution in [0.2, 0.25) is 0 Å². The first-order valence-electron chi connectivity index (χ1n) is 6.52. The molecule has 20 heavy (non-hydrogen) atoms. The van der Waals surface area contributed by atoms with Gasteiger partial charge in [0, 0.05) is 32.2 Å². The maximum absolute atomic E-state index is 13.6. The van der Waals surface area contributed by atoms with Crippen molar-refractivity contribution in [3.8, 4) is 5.69 Å². The molecule has 1 heterocycles. The van der Waals surface area contributed by atoms with E-state index in [1.807, 2.05) is 17.6 Å². The zero-order valence-electron chi connectivity index (χ0n) is 11.3. The number of rotatable bonds is 7. The lowest BCUT2D eigenvalue weighted by Gasteiger charge is -2.10. The van der Waals surface area contributed by atoms with Crippen LogP contribution in [0.4, 0.5) is 10.3 Å². The van der Waals surface area contributed by atoms with Crippen LogP contribution >= 0.6 is 15.9 Å². The van der Waals surface area contributed by atoms with Crippen LogP contribution in [0, 0.1) is 5.82 Å². The van der Waals surface area contributed by atoms with Crippen LogP contribution in [0.5, 0.6) is 0 Å². The highest BCUT2D eigenvalue weighted by atomic mass is 79.9. The second kappa shape index (κ2) is 7.40. The van der Waals surface area contributed by atoms with Gasteiger partial charge in [0.05, 0.1) is 10.2 Å². The Kier molecular flexibility index (Phi) is 5.55. The molecular weight excluding hydrogens is 325 g/mol. The molecule has 2 rings (SSSR count). The van der Waals surface area contributed by atoms with Crippen LogP contribution in [0.1, 0.15) is 13.3 Å². The van der Waals surface area contributed by atoms with E-state index in [2.05, 4.69) is 26.2 Å². The third kappa shape index (κ3) is 3.80. The Balaban J connectivity index is 2.02. The standard InChI is InChI=1S/C14H17BrFN3O/c1-2-20-9-3-6-17-14-18-7-8-19(14)11-4-5-12(15)13(16)10-11/h4-5,7-8,10H,2-3,6,9H2,1H3,(H,17,18). The molecule has 0 aliphatic heterocycles. The second-order valence-corrected chi connectivity index (χ2v) is 5.05. The summed E-state index contributed by atoms with van der Waals surface area (Å²) in [6.07, 6.45) is 4.38. The largest absolute Gasteiger partial charge is 0.382 e. The van der Waals surface area contributed by atoms with Crippen molar-refractivity contribution in [3.05, 3.63) is 40.9 Å². The lowest BCUT2D eigenvalue weighted by atomic mass is 10.3. The smallest absolute Gasteiger partial charge is 0.207 e. The molecule has 0 aliphatic rings.